The summed E-state index contributed by atoms with van der Waals surface area (Å²) in [4.78, 5) is 25.6. The highest BCUT2D eigenvalue weighted by atomic mass is 35.5. The number of hydrogen-bond donors (Lipinski definition) is 1. The van der Waals surface area contributed by atoms with Crippen LogP contribution in [0.1, 0.15) is 18.5 Å². The number of carbonyl (C=O) groups is 2. The van der Waals surface area contributed by atoms with Crippen molar-refractivity contribution in [3.05, 3.63) is 53.1 Å². The molecule has 2 atom stereocenters. The van der Waals surface area contributed by atoms with Gasteiger partial charge in [-0.3, -0.25) is 0 Å². The SMILES string of the molecule is CCOC(=O)[C@@]12Oc3ccccc3N[C@@H]1c1cc(Cl)ccc1OC2=O. The Morgan fingerprint density at radius 3 is 2.88 bits per heavy atom. The normalized spacial score (nSPS) is 23.1. The molecule has 0 aliphatic carbocycles. The third-order valence-corrected chi connectivity index (χ3v) is 4.47. The van der Waals surface area contributed by atoms with Crippen LogP contribution in [0.5, 0.6) is 11.5 Å². The van der Waals surface area contributed by atoms with E-state index >= 15 is 0 Å². The van der Waals surface area contributed by atoms with Crippen LogP contribution in [0.2, 0.25) is 5.02 Å². The van der Waals surface area contributed by atoms with Crippen LogP contribution in [0.25, 0.3) is 0 Å². The molecule has 0 radical (unpaired) electrons. The van der Waals surface area contributed by atoms with Gasteiger partial charge < -0.3 is 19.5 Å². The van der Waals surface area contributed by atoms with E-state index in [0.29, 0.717) is 27.8 Å². The monoisotopic (exact) mass is 359 g/mol. The number of fused-ring (bicyclic) bond motifs is 4. The summed E-state index contributed by atoms with van der Waals surface area (Å²) in [6.07, 6.45) is 0. The number of rotatable bonds is 2. The Kier molecular flexibility index (Phi) is 3.58. The summed E-state index contributed by atoms with van der Waals surface area (Å²) in [5, 5.41) is 3.66. The average molecular weight is 360 g/mol. The molecule has 2 aliphatic heterocycles. The summed E-state index contributed by atoms with van der Waals surface area (Å²) in [6.45, 7) is 1.76. The molecule has 2 aromatic carbocycles. The van der Waals surface area contributed by atoms with Crippen molar-refractivity contribution in [3.63, 3.8) is 0 Å². The summed E-state index contributed by atoms with van der Waals surface area (Å²) in [5.74, 6) is -0.936. The van der Waals surface area contributed by atoms with E-state index in [1.165, 1.54) is 0 Å². The van der Waals surface area contributed by atoms with Crippen molar-refractivity contribution in [2.24, 2.45) is 0 Å². The van der Waals surface area contributed by atoms with Crippen molar-refractivity contribution < 1.29 is 23.8 Å². The van der Waals surface area contributed by atoms with Gasteiger partial charge in [-0.2, -0.15) is 0 Å². The van der Waals surface area contributed by atoms with Crippen molar-refractivity contribution in [1.29, 1.82) is 0 Å². The predicted octanol–water partition coefficient (Wildman–Crippen LogP) is 3.11. The molecule has 0 unspecified atom stereocenters. The number of anilines is 1. The molecule has 2 heterocycles. The highest BCUT2D eigenvalue weighted by Gasteiger charge is 2.64. The van der Waals surface area contributed by atoms with Crippen LogP contribution >= 0.6 is 11.6 Å². The fraction of sp³-hybridized carbons (Fsp3) is 0.222. The first-order valence-corrected chi connectivity index (χ1v) is 8.17. The quantitative estimate of drug-likeness (QED) is 0.504. The van der Waals surface area contributed by atoms with Gasteiger partial charge in [-0.1, -0.05) is 23.7 Å². The smallest absolute Gasteiger partial charge is 0.370 e. The molecular weight excluding hydrogens is 346 g/mol. The topological polar surface area (TPSA) is 73.9 Å². The van der Waals surface area contributed by atoms with E-state index in [4.69, 9.17) is 25.8 Å². The van der Waals surface area contributed by atoms with Crippen molar-refractivity contribution in [3.8, 4) is 11.5 Å². The van der Waals surface area contributed by atoms with Crippen LogP contribution in [0, 0.1) is 0 Å². The lowest BCUT2D eigenvalue weighted by Gasteiger charge is -2.44. The molecule has 6 nitrogen and oxygen atoms in total. The molecule has 0 bridgehead atoms. The van der Waals surface area contributed by atoms with Crippen molar-refractivity contribution >= 4 is 29.2 Å². The highest BCUT2D eigenvalue weighted by Crippen LogP contribution is 2.49. The first-order valence-electron chi connectivity index (χ1n) is 7.80. The molecule has 2 aromatic rings. The highest BCUT2D eigenvalue weighted by molar-refractivity contribution is 6.30. The first-order chi connectivity index (χ1) is 12.1. The minimum atomic E-state index is -1.97. The second kappa shape index (κ2) is 5.67. The van der Waals surface area contributed by atoms with Crippen LogP contribution in [-0.2, 0) is 14.3 Å². The zero-order valence-corrected chi connectivity index (χ0v) is 14.0. The Hall–Kier alpha value is -2.73. The van der Waals surface area contributed by atoms with Gasteiger partial charge in [0.2, 0.25) is 0 Å². The molecule has 7 heteroatoms. The number of carbonyl (C=O) groups excluding carboxylic acids is 2. The summed E-state index contributed by atoms with van der Waals surface area (Å²) >= 11 is 6.11. The van der Waals surface area contributed by atoms with Gasteiger partial charge >= 0.3 is 17.5 Å². The minimum Gasteiger partial charge on any atom is -0.462 e. The largest absolute Gasteiger partial charge is 0.462 e. The van der Waals surface area contributed by atoms with Crippen LogP contribution in [-0.4, -0.2) is 24.1 Å². The molecular formula is C18H14ClNO5. The van der Waals surface area contributed by atoms with Gasteiger partial charge in [-0.25, -0.2) is 9.59 Å². The van der Waals surface area contributed by atoms with Crippen LogP contribution in [0.4, 0.5) is 5.69 Å². The van der Waals surface area contributed by atoms with E-state index in [0.717, 1.165) is 0 Å². The lowest BCUT2D eigenvalue weighted by Crippen LogP contribution is -2.64. The number of hydrogen-bond acceptors (Lipinski definition) is 6. The van der Waals surface area contributed by atoms with Gasteiger partial charge in [-0.05, 0) is 37.3 Å². The van der Waals surface area contributed by atoms with Crippen LogP contribution < -0.4 is 14.8 Å². The number of esters is 2. The summed E-state index contributed by atoms with van der Waals surface area (Å²) in [7, 11) is 0. The molecule has 0 saturated heterocycles. The number of benzene rings is 2. The number of para-hydroxylation sites is 2. The van der Waals surface area contributed by atoms with Gasteiger partial charge in [0.1, 0.15) is 17.5 Å². The van der Waals surface area contributed by atoms with Crippen molar-refractivity contribution in [1.82, 2.24) is 0 Å². The molecule has 0 saturated carbocycles. The molecule has 25 heavy (non-hydrogen) atoms. The fourth-order valence-electron chi connectivity index (χ4n) is 3.12. The van der Waals surface area contributed by atoms with Gasteiger partial charge in [0.15, 0.2) is 0 Å². The van der Waals surface area contributed by atoms with E-state index in [2.05, 4.69) is 5.32 Å². The Morgan fingerprint density at radius 2 is 2.08 bits per heavy atom. The van der Waals surface area contributed by atoms with Gasteiger partial charge in [-0.15, -0.1) is 0 Å². The molecule has 2 aliphatic rings. The van der Waals surface area contributed by atoms with Gasteiger partial charge in [0.05, 0.1) is 12.3 Å². The second-order valence-electron chi connectivity index (χ2n) is 5.70. The lowest BCUT2D eigenvalue weighted by molar-refractivity contribution is -0.179. The Balaban J connectivity index is 1.94. The summed E-state index contributed by atoms with van der Waals surface area (Å²) in [6, 6.07) is 11.1. The molecule has 0 spiro atoms. The van der Waals surface area contributed by atoms with Crippen LogP contribution in [0.3, 0.4) is 0 Å². The fourth-order valence-corrected chi connectivity index (χ4v) is 3.30. The van der Waals surface area contributed by atoms with Crippen LogP contribution in [0.15, 0.2) is 42.5 Å². The number of ether oxygens (including phenoxy) is 3. The van der Waals surface area contributed by atoms with Gasteiger partial charge in [0.25, 0.3) is 0 Å². The lowest BCUT2D eigenvalue weighted by atomic mass is 9.83. The standard InChI is InChI=1S/C18H14ClNO5/c1-2-23-16(21)18-15(20-12-5-3-4-6-14(12)25-18)11-9-10(19)7-8-13(11)24-17(18)22/h3-9,15,20H,2H2,1H3/t15-,18+/m1/s1. The maximum Gasteiger partial charge on any atom is 0.370 e. The molecule has 0 fully saturated rings. The second-order valence-corrected chi connectivity index (χ2v) is 6.14. The zero-order chi connectivity index (χ0) is 17.6. The van der Waals surface area contributed by atoms with Crippen molar-refractivity contribution in [2.75, 3.05) is 11.9 Å². The van der Waals surface area contributed by atoms with Gasteiger partial charge in [0, 0.05) is 10.6 Å². The molecule has 0 amide bonds. The number of halogens is 1. The predicted molar refractivity (Wildman–Crippen MR) is 89.9 cm³/mol. The maximum absolute atomic E-state index is 12.8. The van der Waals surface area contributed by atoms with E-state index in [-0.39, 0.29) is 6.61 Å². The first kappa shape index (κ1) is 15.8. The summed E-state index contributed by atoms with van der Waals surface area (Å²) in [5.41, 5.74) is -0.759. The average Bonchev–Trinajstić information content (AvgIpc) is 2.61. The summed E-state index contributed by atoms with van der Waals surface area (Å²) < 4.78 is 16.4. The maximum atomic E-state index is 12.8. The molecule has 128 valence electrons. The van der Waals surface area contributed by atoms with E-state index in [9.17, 15) is 9.59 Å². The van der Waals surface area contributed by atoms with Crippen molar-refractivity contribution in [2.45, 2.75) is 18.6 Å². The molecule has 0 aromatic heterocycles. The Labute approximate surface area is 148 Å². The molecule has 1 N–H and O–H groups in total. The van der Waals surface area contributed by atoms with E-state index in [1.54, 1.807) is 43.3 Å². The number of nitrogens with one attached hydrogen (secondary N) is 1. The third kappa shape index (κ3) is 2.25. The van der Waals surface area contributed by atoms with E-state index in [1.807, 2.05) is 6.07 Å². The third-order valence-electron chi connectivity index (χ3n) is 4.23. The zero-order valence-electron chi connectivity index (χ0n) is 13.2. The Bertz CT molecular complexity index is 884. The minimum absolute atomic E-state index is 0.105. The Morgan fingerprint density at radius 1 is 1.28 bits per heavy atom. The van der Waals surface area contributed by atoms with E-state index < -0.39 is 23.6 Å². The molecule has 4 rings (SSSR count).